The summed E-state index contributed by atoms with van der Waals surface area (Å²) in [6.45, 7) is 20.8. The molecule has 0 bridgehead atoms. The van der Waals surface area contributed by atoms with Gasteiger partial charge in [0, 0.05) is 17.7 Å². The van der Waals surface area contributed by atoms with E-state index in [0.29, 0.717) is 80.3 Å². The van der Waals surface area contributed by atoms with E-state index in [1.54, 1.807) is 82.3 Å². The number of nitrogens with one attached hydrogen (secondary N) is 12. The molecule has 0 saturated carbocycles. The molecule has 113 heavy (non-hydrogen) atoms. The average Bonchev–Trinajstić information content (AvgIpc) is 1.74. The molecular weight excluding hydrogens is 1470 g/mol. The molecule has 628 valence electrons. The highest BCUT2D eigenvalue weighted by Crippen LogP contribution is 2.23. The molecule has 31 nitrogen and oxygen atoms in total. The number of nitrogens with two attached hydrogens (primary N) is 5. The number of imidazole rings is 1. The second-order valence-electron chi connectivity index (χ2n) is 31.0. The van der Waals surface area contributed by atoms with E-state index in [-0.39, 0.29) is 107 Å². The smallest absolute Gasteiger partial charge is 0.243 e. The van der Waals surface area contributed by atoms with Crippen LogP contribution in [0.25, 0.3) is 11.3 Å². The Morgan fingerprint density at radius 3 is 1.18 bits per heavy atom. The standard InChI is InChI=1S/C81H130N18O13S/c1-12-54(11)69(81(110)96-65(45-51(6)7)76(105)91-60(33-21-25-41-84)74(103)97-68(52(8)9)80(109)93-63(71(86)100)43-49(2)3)98-75(104)61(34-22-26-42-85)89-72(101)58(31-19-23-39-82)90-78(107)66(47-62-70(88-48-87-62)56-29-17-14-18-30-56)95-77(106)64(44-50(4)5)94-73(102)59(32-20-24-40-83)92-79(108)67(46-55-27-15-13-16-28-55)99-113(111,112)57-37-35-53(10)36-38-57/h13-18,27-30,35-38,48-52,54,58-61,63-69,99H,12,19-26,31-34,39-47,82-85H2,1-11H3,(H2,86,100)(H,87,88)(H,89,101)(H,90,107)(H,91,105)(H,92,108)(H,93,109)(H,94,102)(H,95,106)(H,96,110)(H,97,103)(H,98,104)/t54-,58-,59-,60-,61-,63-,64-,65-,66-,67-,68-,69-/m0/s1. The van der Waals surface area contributed by atoms with Gasteiger partial charge in [0.25, 0.3) is 0 Å². The molecule has 1 heterocycles. The number of aryl methyl sites for hydroxylation is 1. The molecular formula is C81H130N18O13S. The number of hydrogen-bond acceptors (Lipinski definition) is 18. The summed E-state index contributed by atoms with van der Waals surface area (Å²) in [5.41, 5.74) is 32.3. The third-order valence-corrected chi connectivity index (χ3v) is 20.9. The number of amides is 11. The second-order valence-corrected chi connectivity index (χ2v) is 32.7. The number of aromatic amines is 1. The number of rotatable bonds is 54. The molecule has 0 unspecified atom stereocenters. The minimum absolute atomic E-state index is 0.00307. The lowest BCUT2D eigenvalue weighted by Crippen LogP contribution is -2.62. The predicted molar refractivity (Wildman–Crippen MR) is 436 cm³/mol. The number of nitrogens with zero attached hydrogens (tertiary/aromatic N) is 1. The third kappa shape index (κ3) is 33.8. The zero-order valence-corrected chi connectivity index (χ0v) is 68.8. The van der Waals surface area contributed by atoms with Gasteiger partial charge in [0.05, 0.1) is 16.9 Å². The molecule has 0 saturated heterocycles. The van der Waals surface area contributed by atoms with Crippen molar-refractivity contribution in [3.8, 4) is 11.3 Å². The van der Waals surface area contributed by atoms with E-state index in [1.807, 2.05) is 66.7 Å². The fourth-order valence-electron chi connectivity index (χ4n) is 12.8. The maximum Gasteiger partial charge on any atom is 0.243 e. The van der Waals surface area contributed by atoms with Crippen LogP contribution < -0.4 is 86.6 Å². The van der Waals surface area contributed by atoms with Gasteiger partial charge in [0.2, 0.25) is 75.0 Å². The Bertz CT molecular complexity index is 3750. The van der Waals surface area contributed by atoms with Crippen LogP contribution in [0.1, 0.15) is 189 Å². The maximum absolute atomic E-state index is 15.3. The summed E-state index contributed by atoms with van der Waals surface area (Å²) in [5.74, 6) is -9.86. The van der Waals surface area contributed by atoms with Crippen LogP contribution in [-0.2, 0) is 75.6 Å². The molecule has 4 aromatic rings. The fourth-order valence-corrected chi connectivity index (χ4v) is 14.0. The second kappa shape index (κ2) is 50.1. The van der Waals surface area contributed by atoms with Gasteiger partial charge >= 0.3 is 0 Å². The first kappa shape index (κ1) is 96.2. The summed E-state index contributed by atoms with van der Waals surface area (Å²) in [6.07, 6.45) is 5.12. The van der Waals surface area contributed by atoms with Crippen molar-refractivity contribution in [1.29, 1.82) is 0 Å². The van der Waals surface area contributed by atoms with E-state index >= 15 is 14.4 Å². The molecule has 0 radical (unpaired) electrons. The van der Waals surface area contributed by atoms with Crippen molar-refractivity contribution in [2.45, 2.75) is 263 Å². The molecule has 22 N–H and O–H groups in total. The van der Waals surface area contributed by atoms with E-state index in [0.717, 1.165) is 5.56 Å². The van der Waals surface area contributed by atoms with Crippen molar-refractivity contribution in [3.63, 3.8) is 0 Å². The largest absolute Gasteiger partial charge is 0.368 e. The van der Waals surface area contributed by atoms with Gasteiger partial charge in [-0.1, -0.05) is 154 Å². The van der Waals surface area contributed by atoms with E-state index < -0.39 is 153 Å². The highest BCUT2D eigenvalue weighted by atomic mass is 32.2. The highest BCUT2D eigenvalue weighted by molar-refractivity contribution is 7.89. The monoisotopic (exact) mass is 1590 g/mol. The van der Waals surface area contributed by atoms with Crippen LogP contribution in [-0.4, -0.2) is 176 Å². The Balaban J connectivity index is 1.70. The van der Waals surface area contributed by atoms with Crippen LogP contribution in [0.5, 0.6) is 0 Å². The highest BCUT2D eigenvalue weighted by Gasteiger charge is 2.39. The molecule has 0 spiro atoms. The van der Waals surface area contributed by atoms with Gasteiger partial charge in [0.1, 0.15) is 66.5 Å². The van der Waals surface area contributed by atoms with Gasteiger partial charge in [-0.2, -0.15) is 4.72 Å². The van der Waals surface area contributed by atoms with Gasteiger partial charge in [-0.3, -0.25) is 52.7 Å². The number of aromatic nitrogens is 2. The van der Waals surface area contributed by atoms with Crippen molar-refractivity contribution in [3.05, 3.63) is 108 Å². The van der Waals surface area contributed by atoms with E-state index in [1.165, 1.54) is 18.5 Å². The van der Waals surface area contributed by atoms with E-state index in [2.05, 4.69) is 67.9 Å². The molecule has 0 aliphatic rings. The van der Waals surface area contributed by atoms with Crippen molar-refractivity contribution in [2.75, 3.05) is 26.2 Å². The molecule has 0 aliphatic heterocycles. The lowest BCUT2D eigenvalue weighted by atomic mass is 9.95. The summed E-state index contributed by atoms with van der Waals surface area (Å²) in [4.78, 5) is 167. The molecule has 4 rings (SSSR count). The maximum atomic E-state index is 15.3. The topological polar surface area (TPSA) is 513 Å². The zero-order valence-electron chi connectivity index (χ0n) is 68.0. The Morgan fingerprint density at radius 2 is 0.761 bits per heavy atom. The number of carbonyl (C=O) groups is 11. The summed E-state index contributed by atoms with van der Waals surface area (Å²) >= 11 is 0. The van der Waals surface area contributed by atoms with Crippen LogP contribution in [0.3, 0.4) is 0 Å². The quantitative estimate of drug-likeness (QED) is 0.0282. The summed E-state index contributed by atoms with van der Waals surface area (Å²) in [7, 11) is -4.30. The van der Waals surface area contributed by atoms with E-state index in [9.17, 15) is 46.8 Å². The number of sulfonamides is 1. The number of H-pyrrole nitrogens is 1. The van der Waals surface area contributed by atoms with Crippen LogP contribution in [0.2, 0.25) is 0 Å². The minimum atomic E-state index is -4.30. The molecule has 12 atom stereocenters. The number of hydrogen-bond donors (Lipinski definition) is 17. The van der Waals surface area contributed by atoms with Crippen molar-refractivity contribution in [2.24, 2.45) is 58.3 Å². The number of primary amides is 1. The number of unbranched alkanes of at least 4 members (excludes halogenated alkanes) is 4. The molecule has 0 aliphatic carbocycles. The number of carbonyl (C=O) groups excluding carboxylic acids is 11. The molecule has 11 amide bonds. The van der Waals surface area contributed by atoms with Crippen LogP contribution >= 0.6 is 0 Å². The van der Waals surface area contributed by atoms with Crippen LogP contribution in [0, 0.1) is 36.5 Å². The SMILES string of the molecule is CC[C@H](C)[C@H](NC(=O)[C@H](CCCCN)NC(=O)[C@H](CCCCN)NC(=O)[C@H](Cc1[nH]cnc1-c1ccccc1)NC(=O)[C@H](CC(C)C)NC(=O)[C@H](CCCCN)NC(=O)[C@H](Cc1ccccc1)NS(=O)(=O)c1ccc(C)cc1)C(=O)N[C@@H](CC(C)C)C(=O)N[C@@H](CCCCN)C(=O)N[C@H](C(=O)N[C@@H](CC(C)C)C(N)=O)C(C)C. The lowest BCUT2D eigenvalue weighted by Gasteiger charge is -2.30. The Kier molecular flexibility index (Phi) is 42.6. The normalized spacial score (nSPS) is 14.8. The summed E-state index contributed by atoms with van der Waals surface area (Å²) in [5, 5.41) is 28.2. The van der Waals surface area contributed by atoms with Crippen molar-refractivity contribution in [1.82, 2.24) is 67.9 Å². The number of benzene rings is 3. The van der Waals surface area contributed by atoms with Gasteiger partial charge in [0.15, 0.2) is 0 Å². The van der Waals surface area contributed by atoms with E-state index in [4.69, 9.17) is 28.7 Å². The first-order valence-corrected chi connectivity index (χ1v) is 41.5. The zero-order chi connectivity index (χ0) is 83.9. The first-order chi connectivity index (χ1) is 53.7. The molecule has 32 heteroatoms. The average molecular weight is 1600 g/mol. The first-order valence-electron chi connectivity index (χ1n) is 40.0. The van der Waals surface area contributed by atoms with Gasteiger partial charge in [-0.25, -0.2) is 13.4 Å². The Hall–Kier alpha value is -9.21. The molecule has 3 aromatic carbocycles. The Morgan fingerprint density at radius 1 is 0.407 bits per heavy atom. The molecule has 0 fully saturated rings. The van der Waals surface area contributed by atoms with Crippen LogP contribution in [0.4, 0.5) is 0 Å². The Labute approximate surface area is 667 Å². The minimum Gasteiger partial charge on any atom is -0.368 e. The van der Waals surface area contributed by atoms with Crippen molar-refractivity contribution < 1.29 is 61.2 Å². The fraction of sp³-hybridized carbons (Fsp3) is 0.605. The summed E-state index contributed by atoms with van der Waals surface area (Å²) in [6, 6.07) is 9.68. The third-order valence-electron chi connectivity index (χ3n) is 19.4. The molecule has 1 aromatic heterocycles. The van der Waals surface area contributed by atoms with Gasteiger partial charge in [-0.05, 0) is 183 Å². The van der Waals surface area contributed by atoms with Gasteiger partial charge < -0.3 is 86.8 Å². The van der Waals surface area contributed by atoms with Crippen LogP contribution in [0.15, 0.2) is 96.2 Å². The predicted octanol–water partition coefficient (Wildman–Crippen LogP) is 3.21. The summed E-state index contributed by atoms with van der Waals surface area (Å²) < 4.78 is 30.4. The van der Waals surface area contributed by atoms with Crippen molar-refractivity contribution >= 4 is 75.0 Å². The lowest BCUT2D eigenvalue weighted by molar-refractivity contribution is -0.137. The van der Waals surface area contributed by atoms with Gasteiger partial charge in [-0.15, -0.1) is 0 Å².